The molecule has 106 valence electrons. The van der Waals surface area contributed by atoms with Crippen LogP contribution in [0.1, 0.15) is 70.6 Å². The average molecular weight is 252 g/mol. The summed E-state index contributed by atoms with van der Waals surface area (Å²) in [7, 11) is 2.07. The molecule has 2 fully saturated rings. The Bertz CT molecular complexity index is 187. The van der Waals surface area contributed by atoms with Crippen molar-refractivity contribution in [3.8, 4) is 0 Å². The lowest BCUT2D eigenvalue weighted by Crippen LogP contribution is -2.46. The van der Waals surface area contributed by atoms with Gasteiger partial charge in [-0.15, -0.1) is 0 Å². The summed E-state index contributed by atoms with van der Waals surface area (Å²) in [6.45, 7) is 2.51. The van der Waals surface area contributed by atoms with Gasteiger partial charge in [0.15, 0.2) is 0 Å². The van der Waals surface area contributed by atoms with Gasteiger partial charge in [0.2, 0.25) is 0 Å². The molecule has 2 nitrogen and oxygen atoms in total. The van der Waals surface area contributed by atoms with E-state index in [2.05, 4.69) is 17.3 Å². The Hall–Kier alpha value is -0.0800. The standard InChI is InChI=1S/C16H32N2/c1-17-13-8-14-18(15-9-4-2-5-10-15)16-11-6-3-7-12-16/h15-17H,2-14H2,1H3. The summed E-state index contributed by atoms with van der Waals surface area (Å²) in [4.78, 5) is 2.91. The Morgan fingerprint density at radius 2 is 1.33 bits per heavy atom. The van der Waals surface area contributed by atoms with Crippen LogP contribution in [-0.4, -0.2) is 37.1 Å². The molecule has 0 aromatic rings. The summed E-state index contributed by atoms with van der Waals surface area (Å²) in [6, 6.07) is 1.83. The van der Waals surface area contributed by atoms with Gasteiger partial charge in [0.25, 0.3) is 0 Å². The van der Waals surface area contributed by atoms with Crippen LogP contribution >= 0.6 is 0 Å². The predicted molar refractivity (Wildman–Crippen MR) is 79.0 cm³/mol. The summed E-state index contributed by atoms with van der Waals surface area (Å²) in [5.74, 6) is 0. The maximum Gasteiger partial charge on any atom is 0.00982 e. The fourth-order valence-corrected chi connectivity index (χ4v) is 3.93. The van der Waals surface area contributed by atoms with E-state index in [1.54, 1.807) is 0 Å². The molecule has 0 aromatic heterocycles. The molecule has 2 rings (SSSR count). The molecular formula is C16H32N2. The molecule has 2 aliphatic rings. The second-order valence-corrected chi connectivity index (χ2v) is 6.28. The van der Waals surface area contributed by atoms with Crippen molar-refractivity contribution < 1.29 is 0 Å². The van der Waals surface area contributed by atoms with Crippen LogP contribution in [0.5, 0.6) is 0 Å². The van der Waals surface area contributed by atoms with Gasteiger partial charge in [-0.25, -0.2) is 0 Å². The number of nitrogens with one attached hydrogen (secondary N) is 1. The number of nitrogens with zero attached hydrogens (tertiary/aromatic N) is 1. The Morgan fingerprint density at radius 1 is 0.833 bits per heavy atom. The normalized spacial score (nSPS) is 23.7. The van der Waals surface area contributed by atoms with E-state index >= 15 is 0 Å². The largest absolute Gasteiger partial charge is 0.320 e. The Balaban J connectivity index is 1.87. The van der Waals surface area contributed by atoms with Crippen LogP contribution in [0.4, 0.5) is 0 Å². The fourth-order valence-electron chi connectivity index (χ4n) is 3.93. The van der Waals surface area contributed by atoms with Crippen LogP contribution in [0.25, 0.3) is 0 Å². The molecule has 1 N–H and O–H groups in total. The number of hydrogen-bond acceptors (Lipinski definition) is 2. The van der Waals surface area contributed by atoms with Gasteiger partial charge >= 0.3 is 0 Å². The van der Waals surface area contributed by atoms with E-state index < -0.39 is 0 Å². The highest BCUT2D eigenvalue weighted by atomic mass is 15.2. The Kier molecular flexibility index (Phi) is 6.50. The summed E-state index contributed by atoms with van der Waals surface area (Å²) < 4.78 is 0. The quantitative estimate of drug-likeness (QED) is 0.727. The van der Waals surface area contributed by atoms with E-state index in [1.807, 2.05) is 0 Å². The summed E-state index contributed by atoms with van der Waals surface area (Å²) >= 11 is 0. The molecule has 0 atom stereocenters. The first kappa shape index (κ1) is 14.3. The number of hydrogen-bond donors (Lipinski definition) is 1. The molecule has 2 aliphatic carbocycles. The topological polar surface area (TPSA) is 15.3 Å². The minimum absolute atomic E-state index is 0.915. The molecule has 2 heteroatoms. The minimum atomic E-state index is 0.915. The summed E-state index contributed by atoms with van der Waals surface area (Å²) in [5.41, 5.74) is 0. The molecule has 0 amide bonds. The van der Waals surface area contributed by atoms with Gasteiger partial charge in [-0.2, -0.15) is 0 Å². The molecule has 0 spiro atoms. The van der Waals surface area contributed by atoms with Gasteiger partial charge in [-0.3, -0.25) is 4.90 Å². The molecule has 0 aromatic carbocycles. The van der Waals surface area contributed by atoms with E-state index in [0.717, 1.165) is 12.1 Å². The van der Waals surface area contributed by atoms with Crippen LogP contribution in [-0.2, 0) is 0 Å². The van der Waals surface area contributed by atoms with Gasteiger partial charge < -0.3 is 5.32 Å². The van der Waals surface area contributed by atoms with Crippen molar-refractivity contribution in [2.45, 2.75) is 82.7 Å². The van der Waals surface area contributed by atoms with Crippen molar-refractivity contribution in [3.05, 3.63) is 0 Å². The average Bonchev–Trinajstić information content (AvgIpc) is 2.46. The lowest BCUT2D eigenvalue weighted by atomic mass is 9.88. The molecule has 0 aliphatic heterocycles. The Labute approximate surface area is 114 Å². The predicted octanol–water partition coefficient (Wildman–Crippen LogP) is 3.56. The van der Waals surface area contributed by atoms with Crippen molar-refractivity contribution in [1.29, 1.82) is 0 Å². The molecule has 0 unspecified atom stereocenters. The zero-order valence-electron chi connectivity index (χ0n) is 12.3. The van der Waals surface area contributed by atoms with Crippen molar-refractivity contribution in [2.24, 2.45) is 0 Å². The second-order valence-electron chi connectivity index (χ2n) is 6.28. The SMILES string of the molecule is CNCCCN(C1CCCCC1)C1CCCCC1. The van der Waals surface area contributed by atoms with E-state index in [4.69, 9.17) is 0 Å². The summed E-state index contributed by atoms with van der Waals surface area (Å²) in [6.07, 6.45) is 16.0. The van der Waals surface area contributed by atoms with Crippen LogP contribution in [0, 0.1) is 0 Å². The van der Waals surface area contributed by atoms with E-state index in [9.17, 15) is 0 Å². The van der Waals surface area contributed by atoms with E-state index in [0.29, 0.717) is 0 Å². The number of rotatable bonds is 6. The van der Waals surface area contributed by atoms with Gasteiger partial charge in [-0.1, -0.05) is 38.5 Å². The molecule has 0 bridgehead atoms. The fraction of sp³-hybridized carbons (Fsp3) is 1.00. The van der Waals surface area contributed by atoms with Crippen molar-refractivity contribution in [2.75, 3.05) is 20.1 Å². The molecule has 2 saturated carbocycles. The van der Waals surface area contributed by atoms with Gasteiger partial charge in [0, 0.05) is 12.1 Å². The smallest absolute Gasteiger partial charge is 0.00982 e. The van der Waals surface area contributed by atoms with Crippen LogP contribution in [0.3, 0.4) is 0 Å². The van der Waals surface area contributed by atoms with E-state index in [1.165, 1.54) is 83.7 Å². The van der Waals surface area contributed by atoms with Crippen LogP contribution in [0.15, 0.2) is 0 Å². The second kappa shape index (κ2) is 8.16. The first-order chi connectivity index (χ1) is 8.92. The van der Waals surface area contributed by atoms with Crippen molar-refractivity contribution in [1.82, 2.24) is 10.2 Å². The molecule has 0 radical (unpaired) electrons. The molecular weight excluding hydrogens is 220 g/mol. The van der Waals surface area contributed by atoms with Crippen LogP contribution < -0.4 is 5.32 Å². The summed E-state index contributed by atoms with van der Waals surface area (Å²) in [5, 5.41) is 3.30. The van der Waals surface area contributed by atoms with Crippen LogP contribution in [0.2, 0.25) is 0 Å². The third-order valence-corrected chi connectivity index (χ3v) is 4.93. The monoisotopic (exact) mass is 252 g/mol. The third kappa shape index (κ3) is 4.24. The highest BCUT2D eigenvalue weighted by Gasteiger charge is 2.28. The highest BCUT2D eigenvalue weighted by molar-refractivity contribution is 4.83. The Morgan fingerprint density at radius 3 is 1.78 bits per heavy atom. The first-order valence-corrected chi connectivity index (χ1v) is 8.32. The maximum atomic E-state index is 3.30. The van der Waals surface area contributed by atoms with Gasteiger partial charge in [0.1, 0.15) is 0 Å². The third-order valence-electron chi connectivity index (χ3n) is 4.93. The first-order valence-electron chi connectivity index (χ1n) is 8.32. The zero-order valence-corrected chi connectivity index (χ0v) is 12.3. The molecule has 0 heterocycles. The lowest BCUT2D eigenvalue weighted by molar-refractivity contribution is 0.0798. The highest BCUT2D eigenvalue weighted by Crippen LogP contribution is 2.30. The van der Waals surface area contributed by atoms with Crippen molar-refractivity contribution in [3.63, 3.8) is 0 Å². The lowest BCUT2D eigenvalue weighted by Gasteiger charge is -2.41. The maximum absolute atomic E-state index is 3.30. The van der Waals surface area contributed by atoms with Gasteiger partial charge in [-0.05, 0) is 52.2 Å². The molecule has 18 heavy (non-hydrogen) atoms. The van der Waals surface area contributed by atoms with E-state index in [-0.39, 0.29) is 0 Å². The van der Waals surface area contributed by atoms with Crippen molar-refractivity contribution >= 4 is 0 Å². The van der Waals surface area contributed by atoms with Gasteiger partial charge in [0.05, 0.1) is 0 Å². The zero-order chi connectivity index (χ0) is 12.6. The molecule has 0 saturated heterocycles. The minimum Gasteiger partial charge on any atom is -0.320 e.